The summed E-state index contributed by atoms with van der Waals surface area (Å²) in [4.78, 5) is 1.34. The summed E-state index contributed by atoms with van der Waals surface area (Å²) in [6.07, 6.45) is 2.18. The number of fused-ring (bicyclic) bond motifs is 1. The maximum absolute atomic E-state index is 6.13. The summed E-state index contributed by atoms with van der Waals surface area (Å²) in [7, 11) is 0. The first-order chi connectivity index (χ1) is 8.74. The minimum atomic E-state index is 0.804. The summed E-state index contributed by atoms with van der Waals surface area (Å²) in [5, 5.41) is 0.804. The van der Waals surface area contributed by atoms with Crippen LogP contribution in [-0.2, 0) is 0 Å². The van der Waals surface area contributed by atoms with Crippen LogP contribution in [0.3, 0.4) is 0 Å². The van der Waals surface area contributed by atoms with Crippen molar-refractivity contribution in [2.45, 2.75) is 11.8 Å². The summed E-state index contributed by atoms with van der Waals surface area (Å²) in [6, 6.07) is 14.5. The standard InChI is InChI=1S/C15H13ClNS/c1-11-7-13(16)8-12-9-17(10-18-15(11)12)14-5-3-2-4-6-14/h2-9H,10H2,1H3/q+1. The molecular weight excluding hydrogens is 262 g/mol. The second-order valence-electron chi connectivity index (χ2n) is 4.35. The van der Waals surface area contributed by atoms with Gasteiger partial charge >= 0.3 is 0 Å². The molecule has 1 nitrogen and oxygen atoms in total. The predicted octanol–water partition coefficient (Wildman–Crippen LogP) is 4.47. The van der Waals surface area contributed by atoms with Gasteiger partial charge in [-0.05, 0) is 24.6 Å². The van der Waals surface area contributed by atoms with E-state index in [9.17, 15) is 0 Å². The van der Waals surface area contributed by atoms with Crippen molar-refractivity contribution in [3.05, 3.63) is 58.6 Å². The van der Waals surface area contributed by atoms with Crippen LogP contribution in [0.5, 0.6) is 0 Å². The highest BCUT2D eigenvalue weighted by molar-refractivity contribution is 7.99. The summed E-state index contributed by atoms with van der Waals surface area (Å²) >= 11 is 7.99. The van der Waals surface area contributed by atoms with Gasteiger partial charge in [0, 0.05) is 22.1 Å². The predicted molar refractivity (Wildman–Crippen MR) is 78.4 cm³/mol. The molecule has 18 heavy (non-hydrogen) atoms. The molecule has 0 spiro atoms. The number of rotatable bonds is 1. The van der Waals surface area contributed by atoms with Crippen LogP contribution in [0.1, 0.15) is 11.1 Å². The molecule has 0 aromatic heterocycles. The van der Waals surface area contributed by atoms with E-state index in [1.54, 1.807) is 0 Å². The Labute approximate surface area is 116 Å². The normalized spacial score (nSPS) is 14.0. The number of hydrogen-bond acceptors (Lipinski definition) is 1. The number of nitrogens with zero attached hydrogens (tertiary/aromatic N) is 1. The van der Waals surface area contributed by atoms with E-state index in [4.69, 9.17) is 11.6 Å². The van der Waals surface area contributed by atoms with Crippen LogP contribution in [0.2, 0.25) is 5.02 Å². The van der Waals surface area contributed by atoms with Crippen LogP contribution in [0.25, 0.3) is 0 Å². The summed E-state index contributed by atoms with van der Waals surface area (Å²) < 4.78 is 2.25. The number of thioether (sulfide) groups is 1. The molecule has 0 radical (unpaired) electrons. The lowest BCUT2D eigenvalue weighted by Gasteiger charge is -2.14. The summed E-state index contributed by atoms with van der Waals surface area (Å²) in [6.45, 7) is 2.11. The Balaban J connectivity index is 2.09. The van der Waals surface area contributed by atoms with Crippen molar-refractivity contribution in [1.82, 2.24) is 0 Å². The van der Waals surface area contributed by atoms with Crippen molar-refractivity contribution in [1.29, 1.82) is 0 Å². The Morgan fingerprint density at radius 3 is 2.72 bits per heavy atom. The molecular formula is C15H13ClNS+. The van der Waals surface area contributed by atoms with Crippen molar-refractivity contribution in [3.8, 4) is 0 Å². The van der Waals surface area contributed by atoms with Crippen molar-refractivity contribution in [3.63, 3.8) is 0 Å². The van der Waals surface area contributed by atoms with E-state index in [-0.39, 0.29) is 0 Å². The third-order valence-electron chi connectivity index (χ3n) is 3.00. The fourth-order valence-electron chi connectivity index (χ4n) is 2.16. The number of aryl methyl sites for hydroxylation is 1. The smallest absolute Gasteiger partial charge is 0.188 e. The maximum atomic E-state index is 6.13. The van der Waals surface area contributed by atoms with Crippen LogP contribution >= 0.6 is 23.4 Å². The minimum Gasteiger partial charge on any atom is -0.188 e. The van der Waals surface area contributed by atoms with Gasteiger partial charge in [0.1, 0.15) is 0 Å². The van der Waals surface area contributed by atoms with Gasteiger partial charge in [-0.25, -0.2) is 0 Å². The number of benzene rings is 2. The van der Waals surface area contributed by atoms with Gasteiger partial charge in [0.25, 0.3) is 0 Å². The van der Waals surface area contributed by atoms with Crippen LogP contribution in [0, 0.1) is 6.92 Å². The van der Waals surface area contributed by atoms with Gasteiger partial charge in [0.05, 0.1) is 5.56 Å². The highest BCUT2D eigenvalue weighted by atomic mass is 35.5. The van der Waals surface area contributed by atoms with Crippen molar-refractivity contribution in [2.75, 3.05) is 5.88 Å². The number of hydrogen-bond donors (Lipinski definition) is 0. The van der Waals surface area contributed by atoms with E-state index < -0.39 is 0 Å². The lowest BCUT2D eigenvalue weighted by atomic mass is 10.1. The topological polar surface area (TPSA) is 3.01 Å². The first-order valence-corrected chi connectivity index (χ1v) is 7.20. The van der Waals surface area contributed by atoms with Crippen LogP contribution in [0.15, 0.2) is 47.4 Å². The second-order valence-corrected chi connectivity index (χ2v) is 5.74. The van der Waals surface area contributed by atoms with Gasteiger partial charge in [0.2, 0.25) is 5.69 Å². The molecule has 0 amide bonds. The molecule has 1 aliphatic heterocycles. The molecule has 0 fully saturated rings. The Morgan fingerprint density at radius 1 is 1.17 bits per heavy atom. The van der Waals surface area contributed by atoms with Crippen LogP contribution in [-0.4, -0.2) is 16.7 Å². The average molecular weight is 275 g/mol. The second kappa shape index (κ2) is 4.79. The van der Waals surface area contributed by atoms with E-state index in [2.05, 4.69) is 42.0 Å². The highest BCUT2D eigenvalue weighted by Gasteiger charge is 2.20. The molecule has 1 heterocycles. The van der Waals surface area contributed by atoms with Crippen molar-refractivity contribution >= 4 is 35.3 Å². The average Bonchev–Trinajstić information content (AvgIpc) is 2.39. The van der Waals surface area contributed by atoms with E-state index >= 15 is 0 Å². The molecule has 2 aromatic rings. The van der Waals surface area contributed by atoms with Crippen molar-refractivity contribution < 1.29 is 4.58 Å². The van der Waals surface area contributed by atoms with Crippen LogP contribution in [0.4, 0.5) is 5.69 Å². The molecule has 0 saturated heterocycles. The molecule has 0 N–H and O–H groups in total. The summed E-state index contributed by atoms with van der Waals surface area (Å²) in [5.41, 5.74) is 3.68. The monoisotopic (exact) mass is 274 g/mol. The maximum Gasteiger partial charge on any atom is 0.205 e. The largest absolute Gasteiger partial charge is 0.205 e. The molecule has 2 aromatic carbocycles. The molecule has 0 unspecified atom stereocenters. The SMILES string of the molecule is Cc1cc(Cl)cc2c1SC[N+](c1ccccc1)=C2. The lowest BCUT2D eigenvalue weighted by Crippen LogP contribution is -2.13. The summed E-state index contributed by atoms with van der Waals surface area (Å²) in [5.74, 6) is 0.944. The van der Waals surface area contributed by atoms with Gasteiger partial charge in [-0.3, -0.25) is 0 Å². The molecule has 0 aliphatic carbocycles. The Morgan fingerprint density at radius 2 is 1.94 bits per heavy atom. The fourth-order valence-corrected chi connectivity index (χ4v) is 3.49. The third kappa shape index (κ3) is 2.18. The van der Waals surface area contributed by atoms with Gasteiger partial charge in [-0.1, -0.05) is 41.6 Å². The molecule has 3 rings (SSSR count). The molecule has 0 atom stereocenters. The zero-order chi connectivity index (χ0) is 12.5. The quantitative estimate of drug-likeness (QED) is 0.693. The van der Waals surface area contributed by atoms with E-state index in [1.165, 1.54) is 21.7 Å². The third-order valence-corrected chi connectivity index (χ3v) is 4.47. The van der Waals surface area contributed by atoms with E-state index in [1.807, 2.05) is 30.0 Å². The number of para-hydroxylation sites is 1. The Kier molecular flexibility index (Phi) is 3.14. The van der Waals surface area contributed by atoms with Crippen LogP contribution < -0.4 is 0 Å². The first-order valence-electron chi connectivity index (χ1n) is 5.83. The molecule has 1 aliphatic rings. The van der Waals surface area contributed by atoms with Gasteiger partial charge < -0.3 is 0 Å². The highest BCUT2D eigenvalue weighted by Crippen LogP contribution is 2.33. The lowest BCUT2D eigenvalue weighted by molar-refractivity contribution is -0.411. The molecule has 90 valence electrons. The van der Waals surface area contributed by atoms with Crippen molar-refractivity contribution in [2.24, 2.45) is 0 Å². The van der Waals surface area contributed by atoms with E-state index in [0.29, 0.717) is 0 Å². The zero-order valence-corrected chi connectivity index (χ0v) is 11.6. The fraction of sp³-hybridized carbons (Fsp3) is 0.133. The number of halogens is 1. The van der Waals surface area contributed by atoms with Gasteiger partial charge in [-0.2, -0.15) is 4.58 Å². The minimum absolute atomic E-state index is 0.804. The Hall–Kier alpha value is -1.25. The van der Waals surface area contributed by atoms with E-state index in [0.717, 1.165) is 10.9 Å². The Bertz CT molecular complexity index is 620. The molecule has 0 saturated carbocycles. The molecule has 3 heteroatoms. The van der Waals surface area contributed by atoms with Gasteiger partial charge in [0.15, 0.2) is 12.1 Å². The first kappa shape index (κ1) is 11.8. The zero-order valence-electron chi connectivity index (χ0n) is 10.1. The van der Waals surface area contributed by atoms with Gasteiger partial charge in [-0.15, -0.1) is 0 Å². The molecule has 0 bridgehead atoms.